The van der Waals surface area contributed by atoms with Crippen LogP contribution in [0.4, 0.5) is 13.2 Å². The summed E-state index contributed by atoms with van der Waals surface area (Å²) in [5, 5.41) is 6.26. The SMILES string of the molecule is O=C(CO[C@H]1C[C@@H](OC(F)(F)F)C1)NC12CC(NC(=O)C3CC(=O)c4cc(Cl)ccc4O3)(C1)C2. The molecule has 8 nitrogen and oxygen atoms in total. The van der Waals surface area contributed by atoms with Crippen molar-refractivity contribution in [3.05, 3.63) is 28.8 Å². The average Bonchev–Trinajstić information content (AvgIpc) is 2.66. The number of rotatable bonds is 7. The van der Waals surface area contributed by atoms with Crippen LogP contribution in [0.1, 0.15) is 48.9 Å². The number of ether oxygens (including phenoxy) is 3. The lowest BCUT2D eigenvalue weighted by molar-refractivity contribution is -0.357. The number of ketones is 1. The second kappa shape index (κ2) is 8.10. The maximum Gasteiger partial charge on any atom is 0.522 e. The number of carbonyl (C=O) groups excluding carboxylic acids is 3. The Morgan fingerprint density at radius 2 is 1.79 bits per heavy atom. The minimum Gasteiger partial charge on any atom is -0.479 e. The summed E-state index contributed by atoms with van der Waals surface area (Å²) in [6.07, 6.45) is -5.20. The summed E-state index contributed by atoms with van der Waals surface area (Å²) >= 11 is 5.91. The Kier molecular flexibility index (Phi) is 5.57. The quantitative estimate of drug-likeness (QED) is 0.594. The molecule has 34 heavy (non-hydrogen) atoms. The van der Waals surface area contributed by atoms with Gasteiger partial charge in [-0.05, 0) is 37.5 Å². The molecule has 1 unspecified atom stereocenters. The first-order chi connectivity index (χ1) is 15.9. The van der Waals surface area contributed by atoms with E-state index in [2.05, 4.69) is 15.4 Å². The summed E-state index contributed by atoms with van der Waals surface area (Å²) < 4.78 is 51.3. The Balaban J connectivity index is 1.03. The third kappa shape index (κ3) is 4.60. The topological polar surface area (TPSA) is 103 Å². The zero-order valence-corrected chi connectivity index (χ0v) is 18.6. The van der Waals surface area contributed by atoms with Crippen molar-refractivity contribution in [2.75, 3.05) is 6.61 Å². The van der Waals surface area contributed by atoms with E-state index in [1.807, 2.05) is 0 Å². The van der Waals surface area contributed by atoms with Gasteiger partial charge in [0.05, 0.1) is 24.2 Å². The fraction of sp³-hybridized carbons (Fsp3) is 0.591. The molecule has 12 heteroatoms. The van der Waals surface area contributed by atoms with Crippen LogP contribution in [-0.2, 0) is 19.1 Å². The van der Waals surface area contributed by atoms with Crippen molar-refractivity contribution in [3.63, 3.8) is 0 Å². The third-order valence-corrected chi connectivity index (χ3v) is 7.03. The number of fused-ring (bicyclic) bond motifs is 1. The molecule has 0 saturated heterocycles. The zero-order chi connectivity index (χ0) is 24.3. The van der Waals surface area contributed by atoms with Crippen molar-refractivity contribution in [2.45, 2.75) is 74.3 Å². The van der Waals surface area contributed by atoms with Crippen LogP contribution in [0.2, 0.25) is 5.02 Å². The van der Waals surface area contributed by atoms with Crippen molar-refractivity contribution in [3.8, 4) is 5.75 Å². The van der Waals surface area contributed by atoms with Gasteiger partial charge >= 0.3 is 6.36 Å². The molecule has 1 heterocycles. The Hall–Kier alpha value is -2.37. The van der Waals surface area contributed by atoms with Gasteiger partial charge in [-0.2, -0.15) is 0 Å². The number of alkyl halides is 3. The largest absolute Gasteiger partial charge is 0.522 e. The standard InChI is InChI=1S/C22H22ClF3N2O6/c23-11-1-2-16-14(3-11)15(29)6-17(33-16)19(31)28-21-8-20(9-21,10-21)27-18(30)7-32-12-4-13(5-12)34-22(24,25)26/h1-3,12-13,17H,4-10H2,(H,27,30)(H,28,31)/t12-,13+,17?,20?,21?. The van der Waals surface area contributed by atoms with E-state index in [9.17, 15) is 27.6 Å². The Bertz CT molecular complexity index is 1020. The molecule has 4 fully saturated rings. The van der Waals surface area contributed by atoms with Gasteiger partial charge in [0, 0.05) is 28.9 Å². The van der Waals surface area contributed by atoms with Crippen molar-refractivity contribution in [1.82, 2.24) is 10.6 Å². The minimum atomic E-state index is -4.67. The molecule has 0 radical (unpaired) electrons. The van der Waals surface area contributed by atoms with E-state index in [4.69, 9.17) is 21.1 Å². The highest BCUT2D eigenvalue weighted by molar-refractivity contribution is 6.31. The summed E-state index contributed by atoms with van der Waals surface area (Å²) in [6, 6.07) is 4.67. The molecule has 0 spiro atoms. The van der Waals surface area contributed by atoms with Gasteiger partial charge in [-0.15, -0.1) is 13.2 Å². The van der Waals surface area contributed by atoms with Gasteiger partial charge in [-0.1, -0.05) is 11.6 Å². The van der Waals surface area contributed by atoms with Crippen molar-refractivity contribution in [2.24, 2.45) is 0 Å². The maximum atomic E-state index is 12.7. The van der Waals surface area contributed by atoms with E-state index in [1.165, 1.54) is 6.07 Å². The van der Waals surface area contributed by atoms with E-state index in [1.54, 1.807) is 12.1 Å². The highest BCUT2D eigenvalue weighted by Crippen LogP contribution is 2.60. The van der Waals surface area contributed by atoms with Gasteiger partial charge in [0.15, 0.2) is 11.9 Å². The number of carbonyl (C=O) groups is 3. The molecular weight excluding hydrogens is 481 g/mol. The maximum absolute atomic E-state index is 12.7. The first kappa shape index (κ1) is 23.4. The Morgan fingerprint density at radius 1 is 1.12 bits per heavy atom. The van der Waals surface area contributed by atoms with Crippen molar-refractivity contribution >= 4 is 29.2 Å². The van der Waals surface area contributed by atoms with Crippen LogP contribution >= 0.6 is 11.6 Å². The molecular formula is C22H22ClF3N2O6. The third-order valence-electron chi connectivity index (χ3n) is 6.80. The Labute approximate surface area is 197 Å². The van der Waals surface area contributed by atoms with Crippen molar-refractivity contribution < 1.29 is 41.8 Å². The molecule has 4 saturated carbocycles. The van der Waals surface area contributed by atoms with E-state index >= 15 is 0 Å². The van der Waals surface area contributed by atoms with Gasteiger partial charge in [0.25, 0.3) is 5.91 Å². The van der Waals surface area contributed by atoms with Crippen molar-refractivity contribution in [1.29, 1.82) is 0 Å². The van der Waals surface area contributed by atoms with Gasteiger partial charge in [-0.3, -0.25) is 19.1 Å². The smallest absolute Gasteiger partial charge is 0.479 e. The van der Waals surface area contributed by atoms with E-state index < -0.39 is 35.8 Å². The molecule has 6 rings (SSSR count). The van der Waals surface area contributed by atoms with Gasteiger partial charge < -0.3 is 20.1 Å². The second-order valence-corrected chi connectivity index (χ2v) is 10.0. The summed E-state index contributed by atoms with van der Waals surface area (Å²) in [4.78, 5) is 37.3. The van der Waals surface area contributed by atoms with Crippen LogP contribution in [0, 0.1) is 0 Å². The highest BCUT2D eigenvalue weighted by atomic mass is 35.5. The lowest BCUT2D eigenvalue weighted by atomic mass is 9.44. The van der Waals surface area contributed by atoms with Gasteiger partial charge in [-0.25, -0.2) is 0 Å². The number of Topliss-reactive ketones (excluding diaryl/α,β-unsaturated/α-hetero) is 1. The average molecular weight is 503 g/mol. The first-order valence-corrected chi connectivity index (χ1v) is 11.3. The van der Waals surface area contributed by atoms with Crippen LogP contribution in [0.5, 0.6) is 5.75 Å². The van der Waals surface area contributed by atoms with E-state index in [0.717, 1.165) is 0 Å². The summed E-state index contributed by atoms with van der Waals surface area (Å²) in [5.74, 6) is -0.619. The van der Waals surface area contributed by atoms with Crippen LogP contribution < -0.4 is 15.4 Å². The molecule has 184 valence electrons. The zero-order valence-electron chi connectivity index (χ0n) is 17.9. The van der Waals surface area contributed by atoms with Gasteiger partial charge in [0.2, 0.25) is 5.91 Å². The van der Waals surface area contributed by atoms with Crippen LogP contribution in [0.3, 0.4) is 0 Å². The molecule has 0 aromatic heterocycles. The predicted molar refractivity (Wildman–Crippen MR) is 110 cm³/mol. The number of halogens is 4. The van der Waals surface area contributed by atoms with E-state index in [0.29, 0.717) is 35.6 Å². The molecule has 1 atom stereocenters. The molecule has 5 aliphatic rings. The predicted octanol–water partition coefficient (Wildman–Crippen LogP) is 2.67. The minimum absolute atomic E-state index is 0.0789. The summed E-state index contributed by atoms with van der Waals surface area (Å²) in [7, 11) is 0. The first-order valence-electron chi connectivity index (χ1n) is 10.9. The molecule has 2 bridgehead atoms. The molecule has 4 aliphatic carbocycles. The van der Waals surface area contributed by atoms with Crippen LogP contribution in [0.25, 0.3) is 0 Å². The number of nitrogens with one attached hydrogen (secondary N) is 2. The molecule has 2 amide bonds. The lowest BCUT2D eigenvalue weighted by Crippen LogP contribution is -2.84. The number of hydrogen-bond acceptors (Lipinski definition) is 6. The van der Waals surface area contributed by atoms with Crippen LogP contribution in [-0.4, -0.2) is 60.0 Å². The molecule has 1 aromatic carbocycles. The number of benzene rings is 1. The molecule has 1 aromatic rings. The highest BCUT2D eigenvalue weighted by Gasteiger charge is 2.69. The molecule has 1 aliphatic heterocycles. The van der Waals surface area contributed by atoms with E-state index in [-0.39, 0.29) is 43.5 Å². The van der Waals surface area contributed by atoms with Gasteiger partial charge in [0.1, 0.15) is 12.4 Å². The fourth-order valence-electron chi connectivity index (χ4n) is 5.30. The summed E-state index contributed by atoms with van der Waals surface area (Å²) in [6.45, 7) is -0.244. The number of amides is 2. The second-order valence-electron chi connectivity index (χ2n) is 9.59. The van der Waals surface area contributed by atoms with Crippen LogP contribution in [0.15, 0.2) is 18.2 Å². The lowest BCUT2D eigenvalue weighted by Gasteiger charge is -2.70. The molecule has 2 N–H and O–H groups in total. The number of hydrogen-bond donors (Lipinski definition) is 2. The normalized spacial score (nSPS) is 33.4. The summed E-state index contributed by atoms with van der Waals surface area (Å²) in [5.41, 5.74) is -0.494. The Morgan fingerprint density at radius 3 is 2.47 bits per heavy atom. The fourth-order valence-corrected chi connectivity index (χ4v) is 5.47. The monoisotopic (exact) mass is 502 g/mol.